The summed E-state index contributed by atoms with van der Waals surface area (Å²) in [6.07, 6.45) is 0. The summed E-state index contributed by atoms with van der Waals surface area (Å²) in [4.78, 5) is 0. The van der Waals surface area contributed by atoms with Gasteiger partial charge in [0.15, 0.2) is 0 Å². The molecule has 0 saturated carbocycles. The molecule has 0 aliphatic rings. The summed E-state index contributed by atoms with van der Waals surface area (Å²) in [6, 6.07) is 50.2. The van der Waals surface area contributed by atoms with Gasteiger partial charge in [0.2, 0.25) is 0 Å². The van der Waals surface area contributed by atoms with Gasteiger partial charge in [0.25, 0.3) is 0 Å². The molecular weight excluding hydrogens is 512 g/mol. The third-order valence-electron chi connectivity index (χ3n) is 8.20. The maximum absolute atomic E-state index is 10.2. The Kier molecular flexibility index (Phi) is 5.22. The molecule has 4 nitrogen and oxygen atoms in total. The largest absolute Gasteiger partial charge is 0.307 e. The number of hydrogen-bond donors (Lipinski definition) is 0. The molecule has 2 aromatic heterocycles. The number of benzene rings is 6. The van der Waals surface area contributed by atoms with Crippen LogP contribution in [0.2, 0.25) is 0 Å². The monoisotopic (exact) mass is 534 g/mol. The third kappa shape index (κ3) is 3.33. The Bertz CT molecular complexity index is 2380. The average molecular weight is 535 g/mol. The highest BCUT2D eigenvalue weighted by molar-refractivity contribution is 6.24. The van der Waals surface area contributed by atoms with Crippen LogP contribution in [0.4, 0.5) is 0 Å². The van der Waals surface area contributed by atoms with Gasteiger partial charge in [-0.05, 0) is 47.5 Å². The number of nitrogens with zero attached hydrogens (tertiary/aromatic N) is 4. The molecule has 0 unspecified atom stereocenters. The first-order valence-electron chi connectivity index (χ1n) is 13.8. The zero-order valence-corrected chi connectivity index (χ0v) is 22.5. The van der Waals surface area contributed by atoms with Crippen molar-refractivity contribution in [2.45, 2.75) is 0 Å². The molecule has 8 rings (SSSR count). The highest BCUT2D eigenvalue weighted by atomic mass is 15.0. The van der Waals surface area contributed by atoms with Crippen molar-refractivity contribution in [3.05, 3.63) is 145 Å². The van der Waals surface area contributed by atoms with Crippen LogP contribution in [0, 0.1) is 22.7 Å². The highest BCUT2D eigenvalue weighted by Gasteiger charge is 2.23. The lowest BCUT2D eigenvalue weighted by atomic mass is 10.1. The molecule has 0 atom stereocenters. The zero-order valence-electron chi connectivity index (χ0n) is 22.5. The van der Waals surface area contributed by atoms with Crippen LogP contribution in [0.3, 0.4) is 0 Å². The summed E-state index contributed by atoms with van der Waals surface area (Å²) in [5.41, 5.74) is 8.95. The van der Waals surface area contributed by atoms with E-state index in [-0.39, 0.29) is 0 Å². The molecule has 0 N–H and O–H groups in total. The van der Waals surface area contributed by atoms with Gasteiger partial charge in [-0.15, -0.1) is 0 Å². The van der Waals surface area contributed by atoms with Crippen LogP contribution in [0.5, 0.6) is 0 Å². The maximum Gasteiger partial charge on any atom is 0.101 e. The lowest BCUT2D eigenvalue weighted by molar-refractivity contribution is 1.14. The number of nitriles is 2. The topological polar surface area (TPSA) is 57.4 Å². The van der Waals surface area contributed by atoms with E-state index >= 15 is 0 Å². The molecule has 0 aliphatic heterocycles. The van der Waals surface area contributed by atoms with Crippen LogP contribution in [0.15, 0.2) is 133 Å². The summed E-state index contributed by atoms with van der Waals surface area (Å²) in [5.74, 6) is 0. The van der Waals surface area contributed by atoms with Gasteiger partial charge >= 0.3 is 0 Å². The van der Waals surface area contributed by atoms with Gasteiger partial charge in [0, 0.05) is 27.2 Å². The van der Waals surface area contributed by atoms with Crippen LogP contribution >= 0.6 is 0 Å². The van der Waals surface area contributed by atoms with E-state index in [0.29, 0.717) is 16.8 Å². The van der Waals surface area contributed by atoms with Crippen LogP contribution in [-0.2, 0) is 0 Å². The summed E-state index contributed by atoms with van der Waals surface area (Å²) >= 11 is 0. The smallest absolute Gasteiger partial charge is 0.101 e. The van der Waals surface area contributed by atoms with E-state index in [1.54, 1.807) is 18.2 Å². The van der Waals surface area contributed by atoms with Crippen LogP contribution < -0.4 is 0 Å². The molecule has 4 heteroatoms. The van der Waals surface area contributed by atoms with Crippen LogP contribution in [-0.4, -0.2) is 9.13 Å². The first-order valence-corrected chi connectivity index (χ1v) is 13.8. The molecule has 0 spiro atoms. The van der Waals surface area contributed by atoms with Gasteiger partial charge in [0.1, 0.15) is 12.1 Å². The molecular formula is C38H22N4. The standard InChI is InChI=1S/C38H22N4/c39-23-27-11-8-12-28(24-40)36(27)42-35-16-7-5-14-31(35)33-22-21-32-30-13-4-6-15-34(30)41(37(32)38(33)42)29-19-17-26(18-20-29)25-9-2-1-3-10-25/h1-22H. The predicted octanol–water partition coefficient (Wildman–Crippen LogP) is 9.29. The molecule has 0 fully saturated rings. The number of hydrogen-bond acceptors (Lipinski definition) is 2. The molecule has 0 radical (unpaired) electrons. The van der Waals surface area contributed by atoms with Crippen molar-refractivity contribution in [1.29, 1.82) is 10.5 Å². The fourth-order valence-electron chi connectivity index (χ4n) is 6.40. The van der Waals surface area contributed by atoms with Crippen molar-refractivity contribution in [3.63, 3.8) is 0 Å². The summed E-state index contributed by atoms with van der Waals surface area (Å²) < 4.78 is 4.44. The van der Waals surface area contributed by atoms with Gasteiger partial charge in [-0.2, -0.15) is 10.5 Å². The van der Waals surface area contributed by atoms with E-state index < -0.39 is 0 Å². The van der Waals surface area contributed by atoms with Crippen molar-refractivity contribution in [3.8, 4) is 34.6 Å². The van der Waals surface area contributed by atoms with Crippen molar-refractivity contribution in [1.82, 2.24) is 9.13 Å². The predicted molar refractivity (Wildman–Crippen MR) is 170 cm³/mol. The number of aromatic nitrogens is 2. The summed E-state index contributed by atoms with van der Waals surface area (Å²) in [5, 5.41) is 24.8. The van der Waals surface area contributed by atoms with Gasteiger partial charge < -0.3 is 9.13 Å². The molecule has 0 amide bonds. The Labute approximate surface area is 242 Å². The second-order valence-electron chi connectivity index (χ2n) is 10.4. The van der Waals surface area contributed by atoms with Crippen LogP contribution in [0.25, 0.3) is 66.1 Å². The SMILES string of the molecule is N#Cc1cccc(C#N)c1-n1c2ccccc2c2ccc3c4ccccc4n(-c4ccc(-c5ccccc5)cc4)c3c21. The molecule has 8 aromatic rings. The quantitative estimate of drug-likeness (QED) is 0.227. The molecule has 0 bridgehead atoms. The van der Waals surface area contributed by atoms with Crippen molar-refractivity contribution >= 4 is 43.6 Å². The van der Waals surface area contributed by atoms with Crippen LogP contribution in [0.1, 0.15) is 11.1 Å². The number of fused-ring (bicyclic) bond motifs is 7. The number of para-hydroxylation sites is 3. The number of rotatable bonds is 3. The van der Waals surface area contributed by atoms with E-state index in [9.17, 15) is 10.5 Å². The van der Waals surface area contributed by atoms with E-state index in [0.717, 1.165) is 54.9 Å². The third-order valence-corrected chi connectivity index (χ3v) is 8.20. The normalized spacial score (nSPS) is 11.3. The van der Waals surface area contributed by atoms with E-state index in [4.69, 9.17) is 0 Å². The lowest BCUT2D eigenvalue weighted by Gasteiger charge is -2.15. The lowest BCUT2D eigenvalue weighted by Crippen LogP contribution is -2.03. The maximum atomic E-state index is 10.2. The van der Waals surface area contributed by atoms with E-state index in [2.05, 4.69) is 118 Å². The first-order chi connectivity index (χ1) is 20.8. The summed E-state index contributed by atoms with van der Waals surface area (Å²) in [7, 11) is 0. The second-order valence-corrected chi connectivity index (χ2v) is 10.4. The van der Waals surface area contributed by atoms with Gasteiger partial charge in [-0.25, -0.2) is 0 Å². The molecule has 0 aliphatic carbocycles. The molecule has 2 heterocycles. The molecule has 42 heavy (non-hydrogen) atoms. The minimum absolute atomic E-state index is 0.462. The summed E-state index contributed by atoms with van der Waals surface area (Å²) in [6.45, 7) is 0. The fraction of sp³-hybridized carbons (Fsp3) is 0. The fourth-order valence-corrected chi connectivity index (χ4v) is 6.40. The van der Waals surface area contributed by atoms with Gasteiger partial charge in [0.05, 0.1) is 38.9 Å². The Morgan fingerprint density at radius 2 is 0.905 bits per heavy atom. The zero-order chi connectivity index (χ0) is 28.2. The Morgan fingerprint density at radius 3 is 1.50 bits per heavy atom. The van der Waals surface area contributed by atoms with E-state index in [1.165, 1.54) is 5.56 Å². The molecule has 6 aromatic carbocycles. The van der Waals surface area contributed by atoms with Crippen molar-refractivity contribution in [2.24, 2.45) is 0 Å². The first kappa shape index (κ1) is 23.8. The highest BCUT2D eigenvalue weighted by Crippen LogP contribution is 2.42. The van der Waals surface area contributed by atoms with Gasteiger partial charge in [-0.1, -0.05) is 97.1 Å². The Hall–Kier alpha value is -6.10. The van der Waals surface area contributed by atoms with Gasteiger partial charge in [-0.3, -0.25) is 0 Å². The second kappa shape index (κ2) is 9.24. The van der Waals surface area contributed by atoms with Crippen molar-refractivity contribution in [2.75, 3.05) is 0 Å². The molecule has 0 saturated heterocycles. The minimum Gasteiger partial charge on any atom is -0.307 e. The average Bonchev–Trinajstić information content (AvgIpc) is 3.58. The minimum atomic E-state index is 0.462. The van der Waals surface area contributed by atoms with Crippen molar-refractivity contribution < 1.29 is 0 Å². The Balaban J connectivity index is 1.56. The molecule has 194 valence electrons. The Morgan fingerprint density at radius 1 is 0.405 bits per heavy atom. The van der Waals surface area contributed by atoms with E-state index in [1.807, 2.05) is 18.2 Å².